The number of carbonyl (C=O) groups excluding carboxylic acids is 1. The molecule has 2 aromatic carbocycles. The van der Waals surface area contributed by atoms with Crippen LogP contribution in [-0.4, -0.2) is 37.8 Å². The van der Waals surface area contributed by atoms with Gasteiger partial charge >= 0.3 is 0 Å². The van der Waals surface area contributed by atoms with E-state index in [4.69, 9.17) is 0 Å². The van der Waals surface area contributed by atoms with E-state index < -0.39 is 0 Å². The fraction of sp³-hybridized carbons (Fsp3) is 0.138. The van der Waals surface area contributed by atoms with Gasteiger partial charge in [0.25, 0.3) is 0 Å². The van der Waals surface area contributed by atoms with E-state index in [9.17, 15) is 9.90 Å². The first-order valence-corrected chi connectivity index (χ1v) is 11.3. The van der Waals surface area contributed by atoms with Crippen LogP contribution in [0.1, 0.15) is 25.0 Å². The standard InChI is InChI=1S/C29H23N3O2/c1-29(2)22-11-5-7-13-24(22)31(3)25(29)15-20-27(33)26(28(20)34)21-17-32(18-9-8-14-30-16-18)23-12-6-4-10-19(21)23/h4-17H,1-3H3/p+1. The average Bonchev–Trinajstić information content (AvgIpc) is 3.32. The van der Waals surface area contributed by atoms with Crippen LogP contribution in [0.3, 0.4) is 0 Å². The molecule has 0 fully saturated rings. The van der Waals surface area contributed by atoms with Crippen molar-refractivity contribution in [3.63, 3.8) is 0 Å². The highest BCUT2D eigenvalue weighted by Crippen LogP contribution is 2.43. The average molecular weight is 447 g/mol. The molecule has 4 aromatic rings. The van der Waals surface area contributed by atoms with Crippen molar-refractivity contribution in [3.8, 4) is 5.69 Å². The Balaban J connectivity index is 1.48. The van der Waals surface area contributed by atoms with Crippen LogP contribution in [-0.2, 0) is 10.2 Å². The topological polar surface area (TPSA) is 58.1 Å². The van der Waals surface area contributed by atoms with E-state index in [1.54, 1.807) is 12.4 Å². The highest BCUT2D eigenvalue weighted by Gasteiger charge is 2.45. The molecule has 34 heavy (non-hydrogen) atoms. The maximum atomic E-state index is 13.4. The van der Waals surface area contributed by atoms with Gasteiger partial charge in [-0.1, -0.05) is 36.4 Å². The number of hydrogen-bond acceptors (Lipinski definition) is 3. The molecule has 5 nitrogen and oxygen atoms in total. The number of para-hydroxylation sites is 2. The molecule has 5 heteroatoms. The summed E-state index contributed by atoms with van der Waals surface area (Å²) in [6.07, 6.45) is 7.27. The first kappa shape index (κ1) is 20.4. The van der Waals surface area contributed by atoms with Gasteiger partial charge in [0, 0.05) is 41.0 Å². The number of benzene rings is 2. The quantitative estimate of drug-likeness (QED) is 0.333. The van der Waals surface area contributed by atoms with Crippen molar-refractivity contribution >= 4 is 33.7 Å². The van der Waals surface area contributed by atoms with Crippen molar-refractivity contribution < 1.29 is 14.5 Å². The number of aliphatic hydroxyl groups excluding tert-OH is 1. The number of pyridine rings is 1. The Hall–Kier alpha value is -4.25. The normalized spacial score (nSPS) is 18.1. The molecule has 0 atom stereocenters. The zero-order valence-corrected chi connectivity index (χ0v) is 19.3. The van der Waals surface area contributed by atoms with Crippen molar-refractivity contribution in [3.05, 3.63) is 108 Å². The highest BCUT2D eigenvalue weighted by atomic mass is 16.3. The predicted octanol–water partition coefficient (Wildman–Crippen LogP) is 5.51. The molecule has 3 heterocycles. The summed E-state index contributed by atoms with van der Waals surface area (Å²) in [6.45, 7) is 4.29. The van der Waals surface area contributed by atoms with Gasteiger partial charge in [-0.05, 0) is 32.0 Å². The lowest BCUT2D eigenvalue weighted by Gasteiger charge is -2.22. The molecule has 1 N–H and O–H groups in total. The van der Waals surface area contributed by atoms with Crippen LogP contribution in [0.2, 0.25) is 0 Å². The van der Waals surface area contributed by atoms with Gasteiger partial charge < -0.3 is 9.67 Å². The summed E-state index contributed by atoms with van der Waals surface area (Å²) >= 11 is 0. The minimum atomic E-state index is -0.273. The van der Waals surface area contributed by atoms with Crippen LogP contribution in [0.5, 0.6) is 0 Å². The van der Waals surface area contributed by atoms with E-state index in [0.717, 1.165) is 33.6 Å². The summed E-state index contributed by atoms with van der Waals surface area (Å²) in [6, 6.07) is 20.0. The molecule has 2 aliphatic rings. The summed E-state index contributed by atoms with van der Waals surface area (Å²) in [5.41, 5.74) is 6.34. The Morgan fingerprint density at radius 3 is 2.53 bits per heavy atom. The first-order chi connectivity index (χ1) is 16.4. The van der Waals surface area contributed by atoms with Gasteiger partial charge in [0.05, 0.1) is 34.0 Å². The number of carbonyl (C=O) groups is 1. The number of hydrogen-bond donors (Lipinski definition) is 1. The van der Waals surface area contributed by atoms with Crippen LogP contribution >= 0.6 is 0 Å². The minimum Gasteiger partial charge on any atom is -0.506 e. The van der Waals surface area contributed by atoms with Gasteiger partial charge in [0.2, 0.25) is 11.5 Å². The number of rotatable bonds is 3. The molecule has 1 aliphatic carbocycles. The van der Waals surface area contributed by atoms with Crippen molar-refractivity contribution in [2.75, 3.05) is 7.05 Å². The molecule has 0 amide bonds. The van der Waals surface area contributed by atoms with Gasteiger partial charge in [-0.3, -0.25) is 9.78 Å². The van der Waals surface area contributed by atoms with E-state index in [1.807, 2.05) is 72.4 Å². The second-order valence-corrected chi connectivity index (χ2v) is 9.34. The first-order valence-electron chi connectivity index (χ1n) is 11.3. The van der Waals surface area contributed by atoms with E-state index in [1.165, 1.54) is 5.56 Å². The zero-order valence-electron chi connectivity index (χ0n) is 19.3. The van der Waals surface area contributed by atoms with Gasteiger partial charge in [-0.2, -0.15) is 4.58 Å². The highest BCUT2D eigenvalue weighted by molar-refractivity contribution is 6.41. The summed E-state index contributed by atoms with van der Waals surface area (Å²) in [5.74, 6) is -0.0917. The maximum Gasteiger partial charge on any atom is 0.209 e. The molecule has 0 spiro atoms. The lowest BCUT2D eigenvalue weighted by Crippen LogP contribution is -2.30. The van der Waals surface area contributed by atoms with E-state index in [2.05, 4.69) is 35.5 Å². The Morgan fingerprint density at radius 2 is 1.79 bits per heavy atom. The summed E-state index contributed by atoms with van der Waals surface area (Å²) in [4.78, 5) is 17.6. The lowest BCUT2D eigenvalue weighted by molar-refractivity contribution is -0.401. The molecule has 2 aromatic heterocycles. The summed E-state index contributed by atoms with van der Waals surface area (Å²) in [7, 11) is 2.01. The third-order valence-corrected chi connectivity index (χ3v) is 7.09. The Labute approximate surface area is 197 Å². The van der Waals surface area contributed by atoms with Crippen LogP contribution in [0.25, 0.3) is 22.2 Å². The summed E-state index contributed by atoms with van der Waals surface area (Å²) < 4.78 is 4.11. The van der Waals surface area contributed by atoms with Crippen LogP contribution < -0.4 is 0 Å². The molecule has 0 bridgehead atoms. The largest absolute Gasteiger partial charge is 0.506 e. The second-order valence-electron chi connectivity index (χ2n) is 9.34. The van der Waals surface area contributed by atoms with Crippen LogP contribution in [0.15, 0.2) is 96.7 Å². The fourth-order valence-electron chi connectivity index (χ4n) is 5.29. The molecule has 0 saturated heterocycles. The summed E-state index contributed by atoms with van der Waals surface area (Å²) in [5, 5.41) is 12.0. The van der Waals surface area contributed by atoms with E-state index >= 15 is 0 Å². The van der Waals surface area contributed by atoms with E-state index in [0.29, 0.717) is 11.1 Å². The third kappa shape index (κ3) is 2.70. The lowest BCUT2D eigenvalue weighted by atomic mass is 9.77. The second kappa shape index (κ2) is 7.12. The number of ketones is 1. The molecular weight excluding hydrogens is 422 g/mol. The Morgan fingerprint density at radius 1 is 1.03 bits per heavy atom. The van der Waals surface area contributed by atoms with Crippen molar-refractivity contribution in [1.82, 2.24) is 9.55 Å². The molecule has 1 aliphatic heterocycles. The third-order valence-electron chi connectivity index (χ3n) is 7.09. The number of aliphatic hydroxyl groups is 1. The van der Waals surface area contributed by atoms with Crippen molar-refractivity contribution in [2.24, 2.45) is 0 Å². The molecule has 0 unspecified atom stereocenters. The van der Waals surface area contributed by atoms with Gasteiger partial charge in [-0.15, -0.1) is 0 Å². The van der Waals surface area contributed by atoms with Crippen molar-refractivity contribution in [2.45, 2.75) is 19.3 Å². The number of nitrogens with zero attached hydrogens (tertiary/aromatic N) is 3. The molecule has 6 rings (SSSR count). The number of allylic oxidation sites excluding steroid dienone is 3. The maximum absolute atomic E-state index is 13.4. The predicted molar refractivity (Wildman–Crippen MR) is 134 cm³/mol. The number of Topliss-reactive ketones (excluding diaryl/α,β-unsaturated/α-hetero) is 1. The Kier molecular flexibility index (Phi) is 4.27. The van der Waals surface area contributed by atoms with Gasteiger partial charge in [0.1, 0.15) is 12.8 Å². The SMILES string of the molecule is C[N+]1=C(/C=C2\C(=O)C(c3cn(-c4cccnc4)c4ccccc34)=C2O)C(C)(C)c2ccccc21. The zero-order chi connectivity index (χ0) is 23.6. The van der Waals surface area contributed by atoms with E-state index in [-0.39, 0.29) is 17.0 Å². The molecule has 0 radical (unpaired) electrons. The van der Waals surface area contributed by atoms with Crippen molar-refractivity contribution in [1.29, 1.82) is 0 Å². The smallest absolute Gasteiger partial charge is 0.209 e. The number of fused-ring (bicyclic) bond motifs is 2. The molecule has 166 valence electrons. The van der Waals surface area contributed by atoms with Gasteiger partial charge in [-0.25, -0.2) is 0 Å². The van der Waals surface area contributed by atoms with Crippen LogP contribution in [0.4, 0.5) is 5.69 Å². The van der Waals surface area contributed by atoms with Gasteiger partial charge in [0.15, 0.2) is 5.71 Å². The molecule has 0 saturated carbocycles. The molecular formula is C29H24N3O2+. The number of aromatic nitrogens is 2. The van der Waals surface area contributed by atoms with Crippen LogP contribution in [0, 0.1) is 0 Å². The monoisotopic (exact) mass is 446 g/mol. The Bertz CT molecular complexity index is 1600. The fourth-order valence-corrected chi connectivity index (χ4v) is 5.29. The minimum absolute atomic E-state index is 0.0479.